The van der Waals surface area contributed by atoms with E-state index < -0.39 is 22.0 Å². The van der Waals surface area contributed by atoms with Crippen molar-refractivity contribution in [2.24, 2.45) is 0 Å². The minimum absolute atomic E-state index is 0.129. The summed E-state index contributed by atoms with van der Waals surface area (Å²) in [7, 11) is -3.87. The molecule has 0 aliphatic carbocycles. The van der Waals surface area contributed by atoms with Gasteiger partial charge in [-0.2, -0.15) is 0 Å². The van der Waals surface area contributed by atoms with Crippen LogP contribution in [-0.4, -0.2) is 27.0 Å². The third-order valence-electron chi connectivity index (χ3n) is 4.90. The highest BCUT2D eigenvalue weighted by Crippen LogP contribution is 2.37. The van der Waals surface area contributed by atoms with Crippen molar-refractivity contribution in [3.05, 3.63) is 77.7 Å². The molecule has 1 amide bonds. The molecule has 0 spiro atoms. The van der Waals surface area contributed by atoms with Crippen molar-refractivity contribution in [2.45, 2.75) is 31.4 Å². The number of benzene rings is 2. The Kier molecular flexibility index (Phi) is 5.26. The van der Waals surface area contributed by atoms with E-state index in [0.29, 0.717) is 17.2 Å². The summed E-state index contributed by atoms with van der Waals surface area (Å²) in [6, 6.07) is 15.4. The van der Waals surface area contributed by atoms with Crippen LogP contribution in [0.1, 0.15) is 16.9 Å². The fourth-order valence-electron chi connectivity index (χ4n) is 3.26. The lowest BCUT2D eigenvalue weighted by Crippen LogP contribution is -2.50. The van der Waals surface area contributed by atoms with Crippen LogP contribution in [0.3, 0.4) is 0 Å². The number of furan rings is 1. The first-order valence-corrected chi connectivity index (χ1v) is 11.0. The number of amides is 1. The van der Waals surface area contributed by atoms with Gasteiger partial charge in [0.2, 0.25) is 0 Å². The van der Waals surface area contributed by atoms with Gasteiger partial charge in [-0.25, -0.2) is 8.42 Å². The first kappa shape index (κ1) is 20.0. The average Bonchev–Trinajstić information content (AvgIpc) is 3.25. The van der Waals surface area contributed by atoms with Crippen LogP contribution in [0.4, 0.5) is 5.69 Å². The third-order valence-corrected chi connectivity index (χ3v) is 6.70. The van der Waals surface area contributed by atoms with E-state index >= 15 is 0 Å². The van der Waals surface area contributed by atoms with Crippen molar-refractivity contribution in [1.29, 1.82) is 0 Å². The Morgan fingerprint density at radius 2 is 1.83 bits per heavy atom. The number of aryl methyl sites for hydroxylation is 2. The van der Waals surface area contributed by atoms with E-state index in [-0.39, 0.29) is 18.0 Å². The zero-order valence-electron chi connectivity index (χ0n) is 16.7. The molecule has 0 radical (unpaired) electrons. The van der Waals surface area contributed by atoms with Crippen molar-refractivity contribution < 1.29 is 22.4 Å². The molecular weight excluding hydrogens is 404 g/mol. The molecule has 2 aromatic carbocycles. The zero-order valence-corrected chi connectivity index (χ0v) is 17.5. The topological polar surface area (TPSA) is 88.9 Å². The molecule has 2 heterocycles. The number of carbonyl (C=O) groups excluding carboxylic acids is 1. The summed E-state index contributed by atoms with van der Waals surface area (Å²) in [5.74, 6) is 0.539. The monoisotopic (exact) mass is 426 g/mol. The van der Waals surface area contributed by atoms with Crippen LogP contribution >= 0.6 is 0 Å². The minimum atomic E-state index is -3.87. The number of fused-ring (bicyclic) bond motifs is 1. The van der Waals surface area contributed by atoms with Crippen molar-refractivity contribution in [2.75, 3.05) is 10.8 Å². The van der Waals surface area contributed by atoms with E-state index in [0.717, 1.165) is 11.1 Å². The second-order valence-electron chi connectivity index (χ2n) is 7.22. The Morgan fingerprint density at radius 3 is 2.53 bits per heavy atom. The van der Waals surface area contributed by atoms with Gasteiger partial charge in [0.15, 0.2) is 6.10 Å². The largest absolute Gasteiger partial charge is 0.476 e. The van der Waals surface area contributed by atoms with Gasteiger partial charge < -0.3 is 14.5 Å². The van der Waals surface area contributed by atoms with Gasteiger partial charge in [-0.1, -0.05) is 23.8 Å². The second kappa shape index (κ2) is 7.87. The average molecular weight is 426 g/mol. The van der Waals surface area contributed by atoms with Gasteiger partial charge in [0.1, 0.15) is 11.5 Å². The number of ether oxygens (including phenoxy) is 1. The quantitative estimate of drug-likeness (QED) is 0.677. The van der Waals surface area contributed by atoms with E-state index in [1.54, 1.807) is 48.5 Å². The molecule has 30 heavy (non-hydrogen) atoms. The maximum Gasteiger partial charge on any atom is 0.264 e. The lowest BCUT2D eigenvalue weighted by molar-refractivity contribution is -0.128. The predicted octanol–water partition coefficient (Wildman–Crippen LogP) is 3.17. The number of carbonyl (C=O) groups is 1. The van der Waals surface area contributed by atoms with Crippen LogP contribution < -0.4 is 14.4 Å². The van der Waals surface area contributed by atoms with E-state index in [1.165, 1.54) is 10.6 Å². The second-order valence-corrected chi connectivity index (χ2v) is 9.09. The molecule has 0 bridgehead atoms. The molecule has 4 rings (SSSR count). The van der Waals surface area contributed by atoms with Gasteiger partial charge in [-0.15, -0.1) is 0 Å². The first-order valence-electron chi connectivity index (χ1n) is 9.51. The predicted molar refractivity (Wildman–Crippen MR) is 112 cm³/mol. The van der Waals surface area contributed by atoms with Crippen molar-refractivity contribution >= 4 is 21.6 Å². The highest BCUT2D eigenvalue weighted by molar-refractivity contribution is 7.92. The Balaban J connectivity index is 1.65. The molecular formula is C22H22N2O5S. The molecule has 156 valence electrons. The summed E-state index contributed by atoms with van der Waals surface area (Å²) >= 11 is 0. The van der Waals surface area contributed by atoms with Crippen LogP contribution in [0.15, 0.2) is 70.2 Å². The van der Waals surface area contributed by atoms with Crippen LogP contribution in [-0.2, 0) is 21.4 Å². The zero-order chi connectivity index (χ0) is 21.3. The Morgan fingerprint density at radius 1 is 1.10 bits per heavy atom. The Labute approximate surface area is 175 Å². The molecule has 8 heteroatoms. The number of nitrogens with one attached hydrogen (secondary N) is 1. The summed E-state index contributed by atoms with van der Waals surface area (Å²) in [6.07, 6.45) is 0.530. The Bertz CT molecular complexity index is 1150. The van der Waals surface area contributed by atoms with Gasteiger partial charge in [0.25, 0.3) is 15.9 Å². The molecule has 0 unspecified atom stereocenters. The fourth-order valence-corrected chi connectivity index (χ4v) is 4.74. The number of rotatable bonds is 5. The maximum atomic E-state index is 13.4. The third kappa shape index (κ3) is 3.91. The molecule has 1 atom stereocenters. The van der Waals surface area contributed by atoms with E-state index in [9.17, 15) is 13.2 Å². The van der Waals surface area contributed by atoms with Crippen molar-refractivity contribution in [3.63, 3.8) is 0 Å². The minimum Gasteiger partial charge on any atom is -0.476 e. The number of nitrogens with zero attached hydrogens (tertiary/aromatic N) is 1. The van der Waals surface area contributed by atoms with Crippen LogP contribution in [0.25, 0.3) is 0 Å². The summed E-state index contributed by atoms with van der Waals surface area (Å²) in [5.41, 5.74) is 2.27. The van der Waals surface area contributed by atoms with Crippen LogP contribution in [0.2, 0.25) is 0 Å². The van der Waals surface area contributed by atoms with Gasteiger partial charge in [-0.05, 0) is 55.8 Å². The molecule has 0 saturated heterocycles. The number of sulfonamides is 1. The summed E-state index contributed by atoms with van der Waals surface area (Å²) in [6.45, 7) is 3.83. The van der Waals surface area contributed by atoms with E-state index in [4.69, 9.17) is 9.15 Å². The lowest BCUT2D eigenvalue weighted by Gasteiger charge is -2.35. The van der Waals surface area contributed by atoms with Crippen molar-refractivity contribution in [1.82, 2.24) is 5.32 Å². The maximum absolute atomic E-state index is 13.4. The fraction of sp³-hybridized carbons (Fsp3) is 0.227. The van der Waals surface area contributed by atoms with E-state index in [2.05, 4.69) is 5.32 Å². The highest BCUT2D eigenvalue weighted by atomic mass is 32.2. The van der Waals surface area contributed by atoms with Gasteiger partial charge in [0.05, 0.1) is 29.9 Å². The Hall–Kier alpha value is -3.26. The molecule has 0 fully saturated rings. The smallest absolute Gasteiger partial charge is 0.264 e. The SMILES string of the molecule is Cc1ccc(S(=O)(=O)N2C[C@@H](C(=O)NCc3ccco3)Oc3cc(C)ccc32)cc1. The molecule has 1 aliphatic heterocycles. The molecule has 1 aromatic heterocycles. The van der Waals surface area contributed by atoms with Gasteiger partial charge >= 0.3 is 0 Å². The van der Waals surface area contributed by atoms with Gasteiger partial charge in [-0.3, -0.25) is 9.10 Å². The summed E-state index contributed by atoms with van der Waals surface area (Å²) in [5, 5.41) is 2.74. The number of hydrogen-bond donors (Lipinski definition) is 1. The van der Waals surface area contributed by atoms with Crippen LogP contribution in [0, 0.1) is 13.8 Å². The lowest BCUT2D eigenvalue weighted by atomic mass is 10.1. The number of anilines is 1. The molecule has 0 saturated carbocycles. The van der Waals surface area contributed by atoms with Crippen molar-refractivity contribution in [3.8, 4) is 5.75 Å². The van der Waals surface area contributed by atoms with Crippen LogP contribution in [0.5, 0.6) is 5.75 Å². The standard InChI is InChI=1S/C22H22N2O5S/c1-15-5-8-18(9-6-15)30(26,27)24-14-21(22(25)23-13-17-4-3-11-28-17)29-20-12-16(2)7-10-19(20)24/h3-12,21H,13-14H2,1-2H3,(H,23,25)/t21-/m0/s1. The van der Waals surface area contributed by atoms with E-state index in [1.807, 2.05) is 19.9 Å². The summed E-state index contributed by atoms with van der Waals surface area (Å²) < 4.78 is 39.1. The molecule has 1 N–H and O–H groups in total. The molecule has 7 nitrogen and oxygen atoms in total. The normalized spacial score (nSPS) is 15.9. The number of hydrogen-bond acceptors (Lipinski definition) is 5. The first-order chi connectivity index (χ1) is 14.3. The molecule has 1 aliphatic rings. The van der Waals surface area contributed by atoms with Gasteiger partial charge in [0, 0.05) is 0 Å². The molecule has 3 aromatic rings. The summed E-state index contributed by atoms with van der Waals surface area (Å²) in [4.78, 5) is 12.9. The highest BCUT2D eigenvalue weighted by Gasteiger charge is 2.37.